The summed E-state index contributed by atoms with van der Waals surface area (Å²) in [6.45, 7) is 9.76. The van der Waals surface area contributed by atoms with Crippen molar-refractivity contribution >= 4 is 29.9 Å². The van der Waals surface area contributed by atoms with E-state index in [-0.39, 0.29) is 24.0 Å². The number of nitrogens with zero attached hydrogens (tertiary/aromatic N) is 2. The van der Waals surface area contributed by atoms with E-state index in [1.165, 1.54) is 51.7 Å². The highest BCUT2D eigenvalue weighted by Crippen LogP contribution is 2.20. The molecule has 6 heteroatoms. The molecule has 1 aliphatic heterocycles. The summed E-state index contributed by atoms with van der Waals surface area (Å²) in [5.74, 6) is 0.782. The molecule has 0 aliphatic carbocycles. The lowest BCUT2D eigenvalue weighted by Crippen LogP contribution is -2.39. The van der Waals surface area contributed by atoms with Crippen LogP contribution in [-0.4, -0.2) is 55.2 Å². The van der Waals surface area contributed by atoms with Crippen LogP contribution in [0.4, 0.5) is 0 Å². The van der Waals surface area contributed by atoms with Crippen LogP contribution in [0.5, 0.6) is 0 Å². The lowest BCUT2D eigenvalue weighted by Gasteiger charge is -2.26. The van der Waals surface area contributed by atoms with Crippen LogP contribution in [0.25, 0.3) is 0 Å². The summed E-state index contributed by atoms with van der Waals surface area (Å²) < 4.78 is 0. The van der Waals surface area contributed by atoms with E-state index in [9.17, 15) is 5.11 Å². The molecule has 28 heavy (non-hydrogen) atoms. The van der Waals surface area contributed by atoms with Crippen molar-refractivity contribution in [3.63, 3.8) is 0 Å². The first-order valence-electron chi connectivity index (χ1n) is 10.6. The fourth-order valence-corrected chi connectivity index (χ4v) is 3.49. The second-order valence-corrected chi connectivity index (χ2v) is 7.72. The fraction of sp³-hybridized carbons (Fsp3) is 0.682. The van der Waals surface area contributed by atoms with Crippen LogP contribution in [-0.2, 0) is 5.60 Å². The van der Waals surface area contributed by atoms with Crippen LogP contribution < -0.4 is 10.6 Å². The molecule has 5 nitrogen and oxygen atoms in total. The van der Waals surface area contributed by atoms with Gasteiger partial charge in [0.2, 0.25) is 0 Å². The molecule has 3 N–H and O–H groups in total. The lowest BCUT2D eigenvalue weighted by molar-refractivity contribution is 0.0672. The number of halogens is 1. The number of unbranched alkanes of at least 4 members (excludes halogenated alkanes) is 2. The third-order valence-corrected chi connectivity index (χ3v) is 5.18. The quantitative estimate of drug-likeness (QED) is 0.198. The zero-order chi connectivity index (χ0) is 19.4. The molecule has 0 amide bonds. The van der Waals surface area contributed by atoms with Crippen LogP contribution in [0.3, 0.4) is 0 Å². The molecule has 160 valence electrons. The highest BCUT2D eigenvalue weighted by Gasteiger charge is 2.22. The summed E-state index contributed by atoms with van der Waals surface area (Å²) >= 11 is 0. The monoisotopic (exact) mass is 502 g/mol. The highest BCUT2D eigenvalue weighted by atomic mass is 127. The van der Waals surface area contributed by atoms with Gasteiger partial charge in [-0.25, -0.2) is 4.99 Å². The highest BCUT2D eigenvalue weighted by molar-refractivity contribution is 14.0. The minimum atomic E-state index is -0.960. The number of likely N-dealkylation sites (tertiary alicyclic amines) is 1. The molecule has 1 aromatic rings. The number of rotatable bonds is 10. The number of aliphatic imine (C=N–C) groups is 1. The molecule has 0 aromatic heterocycles. The molecule has 1 atom stereocenters. The predicted molar refractivity (Wildman–Crippen MR) is 130 cm³/mol. The Bertz CT molecular complexity index is 545. The first-order valence-corrected chi connectivity index (χ1v) is 10.6. The van der Waals surface area contributed by atoms with Crippen LogP contribution >= 0.6 is 24.0 Å². The number of guanidine groups is 1. The Balaban J connectivity index is 0.00000392. The third kappa shape index (κ3) is 9.56. The SMILES string of the molecule is CCNC(=NCC(C)(O)c1ccccc1)NCCCCCN1CCCCC1.I. The van der Waals surface area contributed by atoms with Crippen molar-refractivity contribution in [2.75, 3.05) is 39.3 Å². The van der Waals surface area contributed by atoms with Gasteiger partial charge in [-0.15, -0.1) is 24.0 Å². The molecule has 1 fully saturated rings. The second-order valence-electron chi connectivity index (χ2n) is 7.72. The van der Waals surface area contributed by atoms with Crippen molar-refractivity contribution in [2.24, 2.45) is 4.99 Å². The Kier molecular flexibility index (Phi) is 12.7. The smallest absolute Gasteiger partial charge is 0.191 e. The van der Waals surface area contributed by atoms with Gasteiger partial charge in [-0.3, -0.25) is 0 Å². The van der Waals surface area contributed by atoms with E-state index < -0.39 is 5.60 Å². The van der Waals surface area contributed by atoms with E-state index in [1.807, 2.05) is 37.3 Å². The van der Waals surface area contributed by atoms with Crippen molar-refractivity contribution < 1.29 is 5.11 Å². The Labute approximate surface area is 188 Å². The van der Waals surface area contributed by atoms with Gasteiger partial charge < -0.3 is 20.6 Å². The van der Waals surface area contributed by atoms with Crippen molar-refractivity contribution in [1.29, 1.82) is 0 Å². The zero-order valence-electron chi connectivity index (χ0n) is 17.6. The zero-order valence-corrected chi connectivity index (χ0v) is 20.0. The molecule has 0 bridgehead atoms. The Hall–Kier alpha value is -0.860. The number of nitrogens with one attached hydrogen (secondary N) is 2. The number of hydrogen-bond acceptors (Lipinski definition) is 3. The van der Waals surface area contributed by atoms with Crippen molar-refractivity contribution in [3.8, 4) is 0 Å². The molecule has 1 saturated heterocycles. The van der Waals surface area contributed by atoms with Gasteiger partial charge >= 0.3 is 0 Å². The molecule has 0 saturated carbocycles. The summed E-state index contributed by atoms with van der Waals surface area (Å²) in [5.41, 5.74) is -0.0692. The maximum Gasteiger partial charge on any atom is 0.191 e. The van der Waals surface area contributed by atoms with Crippen molar-refractivity contribution in [3.05, 3.63) is 35.9 Å². The second kappa shape index (κ2) is 14.2. The molecule has 1 aromatic carbocycles. The van der Waals surface area contributed by atoms with Crippen molar-refractivity contribution in [2.45, 2.75) is 58.0 Å². The van der Waals surface area contributed by atoms with Crippen LogP contribution in [0.2, 0.25) is 0 Å². The summed E-state index contributed by atoms with van der Waals surface area (Å²) in [5, 5.41) is 17.4. The van der Waals surface area contributed by atoms with Gasteiger partial charge in [0, 0.05) is 13.1 Å². The number of aliphatic hydroxyl groups is 1. The van der Waals surface area contributed by atoms with Gasteiger partial charge in [0.25, 0.3) is 0 Å². The first kappa shape index (κ1) is 25.2. The van der Waals surface area contributed by atoms with Gasteiger partial charge in [0.1, 0.15) is 5.60 Å². The van der Waals surface area contributed by atoms with Gasteiger partial charge in [-0.05, 0) is 64.7 Å². The van der Waals surface area contributed by atoms with Crippen molar-refractivity contribution in [1.82, 2.24) is 15.5 Å². The van der Waals surface area contributed by atoms with E-state index >= 15 is 0 Å². The molecule has 0 radical (unpaired) electrons. The average Bonchev–Trinajstić information content (AvgIpc) is 2.70. The molecule has 0 spiro atoms. The Morgan fingerprint density at radius 2 is 1.79 bits per heavy atom. The van der Waals surface area contributed by atoms with E-state index in [0.717, 1.165) is 31.0 Å². The molecule has 2 rings (SSSR count). The van der Waals surface area contributed by atoms with E-state index in [4.69, 9.17) is 0 Å². The topological polar surface area (TPSA) is 59.9 Å². The summed E-state index contributed by atoms with van der Waals surface area (Å²) in [6, 6.07) is 9.73. The maximum atomic E-state index is 10.7. The number of piperidine rings is 1. The number of benzene rings is 1. The number of hydrogen-bond donors (Lipinski definition) is 3. The molecule has 1 heterocycles. The minimum Gasteiger partial charge on any atom is -0.384 e. The first-order chi connectivity index (χ1) is 13.1. The Morgan fingerprint density at radius 3 is 2.46 bits per heavy atom. The standard InChI is InChI=1S/C22H38N4O.HI/c1-3-23-21(25-19-22(2,27)20-13-7-4-8-14-20)24-15-9-5-10-16-26-17-11-6-12-18-26;/h4,7-8,13-14,27H,3,5-6,9-12,15-19H2,1-2H3,(H2,23,24,25);1H. The average molecular weight is 502 g/mol. The molecular formula is C22H39IN4O. The van der Waals surface area contributed by atoms with Gasteiger partial charge in [0.05, 0.1) is 6.54 Å². The van der Waals surface area contributed by atoms with Crippen LogP contribution in [0, 0.1) is 0 Å². The maximum absolute atomic E-state index is 10.7. The normalized spacial score (nSPS) is 17.5. The van der Waals surface area contributed by atoms with Crippen LogP contribution in [0.15, 0.2) is 35.3 Å². The van der Waals surface area contributed by atoms with Crippen LogP contribution in [0.1, 0.15) is 57.9 Å². The van der Waals surface area contributed by atoms with E-state index in [1.54, 1.807) is 0 Å². The summed E-state index contributed by atoms with van der Waals surface area (Å²) in [7, 11) is 0. The Morgan fingerprint density at radius 1 is 1.07 bits per heavy atom. The summed E-state index contributed by atoms with van der Waals surface area (Å²) in [4.78, 5) is 7.19. The lowest BCUT2D eigenvalue weighted by atomic mass is 9.96. The van der Waals surface area contributed by atoms with E-state index in [0.29, 0.717) is 6.54 Å². The molecular weight excluding hydrogens is 463 g/mol. The van der Waals surface area contributed by atoms with Gasteiger partial charge in [-0.1, -0.05) is 43.2 Å². The minimum absolute atomic E-state index is 0. The molecule has 1 aliphatic rings. The van der Waals surface area contributed by atoms with Gasteiger partial charge in [-0.2, -0.15) is 0 Å². The predicted octanol–water partition coefficient (Wildman–Crippen LogP) is 3.72. The largest absolute Gasteiger partial charge is 0.384 e. The molecule has 1 unspecified atom stereocenters. The fourth-order valence-electron chi connectivity index (χ4n) is 3.49. The summed E-state index contributed by atoms with van der Waals surface area (Å²) in [6.07, 6.45) is 7.81. The van der Waals surface area contributed by atoms with E-state index in [2.05, 4.69) is 27.4 Å². The third-order valence-electron chi connectivity index (χ3n) is 5.18. The van der Waals surface area contributed by atoms with Gasteiger partial charge in [0.15, 0.2) is 5.96 Å².